The van der Waals surface area contributed by atoms with E-state index in [0.717, 1.165) is 22.4 Å². The molecule has 0 radical (unpaired) electrons. The zero-order chi connectivity index (χ0) is 18.7. The topological polar surface area (TPSA) is 49.9 Å². The van der Waals surface area contributed by atoms with E-state index < -0.39 is 10.0 Å². The average molecular weight is 375 g/mol. The number of nitrogens with zero attached hydrogens (tertiary/aromatic N) is 2. The molecule has 1 saturated heterocycles. The van der Waals surface area contributed by atoms with Gasteiger partial charge >= 0.3 is 0 Å². The number of aryl methyl sites for hydroxylation is 1. The molecule has 2 aromatic rings. The van der Waals surface area contributed by atoms with Gasteiger partial charge in [0.2, 0.25) is 10.0 Å². The molecule has 1 fully saturated rings. The molecule has 1 atom stereocenters. The van der Waals surface area contributed by atoms with Crippen LogP contribution in [0, 0.1) is 6.92 Å². The van der Waals surface area contributed by atoms with Crippen molar-refractivity contribution in [3.05, 3.63) is 65.2 Å². The Morgan fingerprint density at radius 3 is 2.46 bits per heavy atom. The first kappa shape index (κ1) is 18.9. The van der Waals surface area contributed by atoms with Crippen LogP contribution in [-0.2, 0) is 20.5 Å². The maximum Gasteiger partial charge on any atom is 0.218 e. The highest BCUT2D eigenvalue weighted by Gasteiger charge is 2.30. The Morgan fingerprint density at radius 1 is 1.12 bits per heavy atom. The minimum atomic E-state index is -3.38. The molecule has 0 aromatic heterocycles. The fourth-order valence-corrected chi connectivity index (χ4v) is 4.74. The van der Waals surface area contributed by atoms with Crippen molar-refractivity contribution in [3.8, 4) is 0 Å². The summed E-state index contributed by atoms with van der Waals surface area (Å²) >= 11 is 0. The standard InChI is InChI=1S/C20H26N2O3S/c1-16-6-4-5-7-18(16)15-26(23,24)22-12-13-25-20(14-22)17-8-10-19(11-9-17)21(2)3/h4-11,20H,12-15H2,1-3H3. The quantitative estimate of drug-likeness (QED) is 0.807. The smallest absolute Gasteiger partial charge is 0.218 e. The molecule has 0 N–H and O–H groups in total. The van der Waals surface area contributed by atoms with Crippen LogP contribution in [0.5, 0.6) is 0 Å². The van der Waals surface area contributed by atoms with Gasteiger partial charge in [-0.2, -0.15) is 4.31 Å². The van der Waals surface area contributed by atoms with E-state index in [1.54, 1.807) is 4.31 Å². The van der Waals surface area contributed by atoms with Gasteiger partial charge < -0.3 is 9.64 Å². The van der Waals surface area contributed by atoms with Crippen LogP contribution in [0.3, 0.4) is 0 Å². The molecular formula is C20H26N2O3S. The summed E-state index contributed by atoms with van der Waals surface area (Å²) in [5.41, 5.74) is 3.96. The van der Waals surface area contributed by atoms with Crippen molar-refractivity contribution in [3.63, 3.8) is 0 Å². The van der Waals surface area contributed by atoms with Crippen LogP contribution < -0.4 is 4.90 Å². The molecule has 0 bridgehead atoms. The van der Waals surface area contributed by atoms with Crippen molar-refractivity contribution in [2.24, 2.45) is 0 Å². The molecule has 6 heteroatoms. The molecule has 1 aliphatic rings. The van der Waals surface area contributed by atoms with Crippen molar-refractivity contribution >= 4 is 15.7 Å². The van der Waals surface area contributed by atoms with Gasteiger partial charge in [0.25, 0.3) is 0 Å². The molecule has 1 unspecified atom stereocenters. The second-order valence-corrected chi connectivity index (χ2v) is 8.86. The molecule has 0 amide bonds. The summed E-state index contributed by atoms with van der Waals surface area (Å²) < 4.78 is 33.2. The maximum atomic E-state index is 12.9. The van der Waals surface area contributed by atoms with Gasteiger partial charge in [0.1, 0.15) is 0 Å². The molecule has 140 valence electrons. The van der Waals surface area contributed by atoms with E-state index >= 15 is 0 Å². The largest absolute Gasteiger partial charge is 0.378 e. The Hall–Kier alpha value is -1.89. The molecule has 1 heterocycles. The SMILES string of the molecule is Cc1ccccc1CS(=O)(=O)N1CCOC(c2ccc(N(C)C)cc2)C1. The number of morpholine rings is 1. The van der Waals surface area contributed by atoms with Crippen molar-refractivity contribution in [1.82, 2.24) is 4.31 Å². The number of ether oxygens (including phenoxy) is 1. The summed E-state index contributed by atoms with van der Waals surface area (Å²) in [6, 6.07) is 15.7. The molecule has 5 nitrogen and oxygen atoms in total. The van der Waals surface area contributed by atoms with Crippen molar-refractivity contribution in [1.29, 1.82) is 0 Å². The summed E-state index contributed by atoms with van der Waals surface area (Å²) in [6.45, 7) is 3.11. The summed E-state index contributed by atoms with van der Waals surface area (Å²) in [5.74, 6) is 0.0337. The van der Waals surface area contributed by atoms with Crippen LogP contribution in [0.4, 0.5) is 5.69 Å². The molecular weight excluding hydrogens is 348 g/mol. The van der Waals surface area contributed by atoms with Crippen molar-refractivity contribution < 1.29 is 13.2 Å². The van der Waals surface area contributed by atoms with E-state index in [1.165, 1.54) is 0 Å². The van der Waals surface area contributed by atoms with Crippen LogP contribution in [-0.4, -0.2) is 46.5 Å². The van der Waals surface area contributed by atoms with Crippen LogP contribution in [0.2, 0.25) is 0 Å². The maximum absolute atomic E-state index is 12.9. The van der Waals surface area contributed by atoms with E-state index in [0.29, 0.717) is 19.7 Å². The molecule has 0 aliphatic carbocycles. The fourth-order valence-electron chi connectivity index (χ4n) is 3.13. The molecule has 26 heavy (non-hydrogen) atoms. The summed E-state index contributed by atoms with van der Waals surface area (Å²) in [5, 5.41) is 0. The van der Waals surface area contributed by atoms with E-state index in [2.05, 4.69) is 0 Å². The van der Waals surface area contributed by atoms with Crippen LogP contribution in [0.15, 0.2) is 48.5 Å². The van der Waals surface area contributed by atoms with Gasteiger partial charge in [-0.05, 0) is 35.7 Å². The predicted molar refractivity (Wildman–Crippen MR) is 105 cm³/mol. The number of benzene rings is 2. The second kappa shape index (κ2) is 7.78. The Morgan fingerprint density at radius 2 is 1.81 bits per heavy atom. The predicted octanol–water partition coefficient (Wildman–Crippen LogP) is 2.96. The van der Waals surface area contributed by atoms with Crippen LogP contribution in [0.25, 0.3) is 0 Å². The third kappa shape index (κ3) is 4.26. The monoisotopic (exact) mass is 374 g/mol. The summed E-state index contributed by atoms with van der Waals surface area (Å²) in [6.07, 6.45) is -0.230. The fraction of sp³-hybridized carbons (Fsp3) is 0.400. The Labute approximate surface area is 156 Å². The minimum absolute atomic E-state index is 0.0337. The van der Waals surface area contributed by atoms with Crippen LogP contribution in [0.1, 0.15) is 22.8 Å². The third-order valence-electron chi connectivity index (χ3n) is 4.80. The van der Waals surface area contributed by atoms with Gasteiger partial charge in [-0.3, -0.25) is 0 Å². The number of rotatable bonds is 5. The summed E-state index contributed by atoms with van der Waals surface area (Å²) in [4.78, 5) is 2.03. The van der Waals surface area contributed by atoms with E-state index in [4.69, 9.17) is 4.74 Å². The van der Waals surface area contributed by atoms with E-state index in [9.17, 15) is 8.42 Å². The number of hydrogen-bond acceptors (Lipinski definition) is 4. The Bertz CT molecular complexity index is 848. The van der Waals surface area contributed by atoms with Crippen molar-refractivity contribution in [2.75, 3.05) is 38.7 Å². The van der Waals surface area contributed by atoms with Gasteiger partial charge in [0, 0.05) is 32.9 Å². The van der Waals surface area contributed by atoms with Crippen LogP contribution >= 0.6 is 0 Å². The van der Waals surface area contributed by atoms with Gasteiger partial charge in [-0.1, -0.05) is 36.4 Å². The third-order valence-corrected chi connectivity index (χ3v) is 6.60. The molecule has 0 spiro atoms. The zero-order valence-corrected chi connectivity index (χ0v) is 16.4. The first-order valence-corrected chi connectivity index (χ1v) is 10.4. The summed E-state index contributed by atoms with van der Waals surface area (Å²) in [7, 11) is 0.608. The Kier molecular flexibility index (Phi) is 5.65. The Balaban J connectivity index is 1.74. The number of hydrogen-bond donors (Lipinski definition) is 0. The molecule has 1 aliphatic heterocycles. The first-order valence-electron chi connectivity index (χ1n) is 8.78. The molecule has 0 saturated carbocycles. The highest BCUT2D eigenvalue weighted by Crippen LogP contribution is 2.27. The lowest BCUT2D eigenvalue weighted by molar-refractivity contribution is -0.00259. The lowest BCUT2D eigenvalue weighted by Crippen LogP contribution is -2.42. The van der Waals surface area contributed by atoms with E-state index in [-0.39, 0.29) is 11.9 Å². The number of anilines is 1. The average Bonchev–Trinajstić information content (AvgIpc) is 2.64. The van der Waals surface area contributed by atoms with Gasteiger partial charge in [0.05, 0.1) is 18.5 Å². The lowest BCUT2D eigenvalue weighted by Gasteiger charge is -2.32. The molecule has 3 rings (SSSR count). The highest BCUT2D eigenvalue weighted by atomic mass is 32.2. The van der Waals surface area contributed by atoms with Gasteiger partial charge in [-0.15, -0.1) is 0 Å². The highest BCUT2D eigenvalue weighted by molar-refractivity contribution is 7.88. The van der Waals surface area contributed by atoms with Gasteiger partial charge in [0.15, 0.2) is 0 Å². The minimum Gasteiger partial charge on any atom is -0.378 e. The lowest BCUT2D eigenvalue weighted by atomic mass is 10.1. The first-order chi connectivity index (χ1) is 12.4. The zero-order valence-electron chi connectivity index (χ0n) is 15.6. The van der Waals surface area contributed by atoms with Crippen molar-refractivity contribution in [2.45, 2.75) is 18.8 Å². The number of sulfonamides is 1. The van der Waals surface area contributed by atoms with Gasteiger partial charge in [-0.25, -0.2) is 8.42 Å². The van der Waals surface area contributed by atoms with E-state index in [1.807, 2.05) is 74.4 Å². The second-order valence-electron chi connectivity index (χ2n) is 6.89. The normalized spacial score (nSPS) is 18.7. The molecule has 2 aromatic carbocycles.